The van der Waals surface area contributed by atoms with Gasteiger partial charge in [0.1, 0.15) is 0 Å². The first-order valence-corrected chi connectivity index (χ1v) is 8.70. The molecule has 0 fully saturated rings. The third kappa shape index (κ3) is 3.98. The summed E-state index contributed by atoms with van der Waals surface area (Å²) in [5, 5.41) is 0. The molecule has 22 heavy (non-hydrogen) atoms. The molecular formula is C18H21NO2S. The van der Waals surface area contributed by atoms with Gasteiger partial charge in [-0.2, -0.15) is 0 Å². The first-order valence-electron chi connectivity index (χ1n) is 7.22. The Morgan fingerprint density at radius 1 is 1.05 bits per heavy atom. The van der Waals surface area contributed by atoms with Gasteiger partial charge in [-0.3, -0.25) is 4.72 Å². The second-order valence-electron chi connectivity index (χ2n) is 5.41. The minimum atomic E-state index is -3.57. The highest BCUT2D eigenvalue weighted by atomic mass is 32.2. The number of benzene rings is 2. The van der Waals surface area contributed by atoms with E-state index in [0.29, 0.717) is 5.69 Å². The Kier molecular flexibility index (Phi) is 5.03. The molecule has 0 radical (unpaired) electrons. The molecule has 0 bridgehead atoms. The van der Waals surface area contributed by atoms with Crippen LogP contribution in [0.15, 0.2) is 60.0 Å². The van der Waals surface area contributed by atoms with Crippen LogP contribution in [0.2, 0.25) is 0 Å². The van der Waals surface area contributed by atoms with E-state index in [4.69, 9.17) is 0 Å². The summed E-state index contributed by atoms with van der Waals surface area (Å²) in [5.74, 6) is 0. The van der Waals surface area contributed by atoms with E-state index in [-0.39, 0.29) is 4.90 Å². The average molecular weight is 315 g/mol. The van der Waals surface area contributed by atoms with Gasteiger partial charge in [0.15, 0.2) is 0 Å². The molecule has 0 saturated carbocycles. The van der Waals surface area contributed by atoms with Crippen LogP contribution in [0.1, 0.15) is 23.1 Å². The van der Waals surface area contributed by atoms with Gasteiger partial charge < -0.3 is 0 Å². The van der Waals surface area contributed by atoms with Crippen LogP contribution in [0.3, 0.4) is 0 Å². The van der Waals surface area contributed by atoms with Crippen molar-refractivity contribution in [3.8, 4) is 0 Å². The van der Waals surface area contributed by atoms with Crippen molar-refractivity contribution in [2.75, 3.05) is 4.72 Å². The molecule has 0 amide bonds. The Balaban J connectivity index is 2.32. The van der Waals surface area contributed by atoms with Crippen LogP contribution >= 0.6 is 0 Å². The minimum Gasteiger partial charge on any atom is -0.279 e. The molecule has 3 nitrogen and oxygen atoms in total. The molecule has 0 heterocycles. The number of anilines is 1. The van der Waals surface area contributed by atoms with Gasteiger partial charge in [-0.05, 0) is 50.5 Å². The molecule has 0 aromatic heterocycles. The van der Waals surface area contributed by atoms with E-state index in [2.05, 4.69) is 11.3 Å². The Morgan fingerprint density at radius 3 is 2.32 bits per heavy atom. The fraction of sp³-hybridized carbons (Fsp3) is 0.222. The lowest BCUT2D eigenvalue weighted by Crippen LogP contribution is -2.14. The molecule has 2 rings (SSSR count). The molecule has 0 aliphatic heterocycles. The van der Waals surface area contributed by atoms with Crippen molar-refractivity contribution >= 4 is 15.7 Å². The number of nitrogens with one attached hydrogen (secondary N) is 1. The van der Waals surface area contributed by atoms with Crippen LogP contribution in [-0.4, -0.2) is 8.42 Å². The number of hydrogen-bond acceptors (Lipinski definition) is 2. The van der Waals surface area contributed by atoms with Crippen molar-refractivity contribution in [1.29, 1.82) is 0 Å². The molecule has 2 aromatic carbocycles. The van der Waals surface area contributed by atoms with E-state index in [1.165, 1.54) is 0 Å². The van der Waals surface area contributed by atoms with Crippen molar-refractivity contribution in [2.45, 2.75) is 31.6 Å². The number of sulfonamides is 1. The van der Waals surface area contributed by atoms with Gasteiger partial charge >= 0.3 is 0 Å². The van der Waals surface area contributed by atoms with Crippen LogP contribution in [0.5, 0.6) is 0 Å². The van der Waals surface area contributed by atoms with Gasteiger partial charge in [0.25, 0.3) is 10.0 Å². The SMILES string of the molecule is C=CCCc1cc(C)ccc1NS(=O)(=O)c1ccc(C)cc1. The summed E-state index contributed by atoms with van der Waals surface area (Å²) < 4.78 is 27.7. The monoisotopic (exact) mass is 315 g/mol. The summed E-state index contributed by atoms with van der Waals surface area (Å²) in [4.78, 5) is 0.272. The zero-order chi connectivity index (χ0) is 16.2. The van der Waals surface area contributed by atoms with Gasteiger partial charge in [0, 0.05) is 0 Å². The van der Waals surface area contributed by atoms with E-state index in [0.717, 1.165) is 29.5 Å². The van der Waals surface area contributed by atoms with Gasteiger partial charge in [-0.15, -0.1) is 6.58 Å². The normalized spacial score (nSPS) is 11.2. The van der Waals surface area contributed by atoms with Crippen molar-refractivity contribution in [3.05, 3.63) is 71.8 Å². The zero-order valence-corrected chi connectivity index (χ0v) is 13.8. The molecule has 4 heteroatoms. The van der Waals surface area contributed by atoms with Crippen molar-refractivity contribution in [1.82, 2.24) is 0 Å². The van der Waals surface area contributed by atoms with E-state index in [1.54, 1.807) is 24.3 Å². The van der Waals surface area contributed by atoms with Crippen molar-refractivity contribution < 1.29 is 8.42 Å². The molecule has 0 spiro atoms. The molecular weight excluding hydrogens is 294 g/mol. The maximum absolute atomic E-state index is 12.5. The second-order valence-corrected chi connectivity index (χ2v) is 7.09. The Hall–Kier alpha value is -2.07. The number of rotatable bonds is 6. The van der Waals surface area contributed by atoms with Gasteiger partial charge in [0.2, 0.25) is 0 Å². The zero-order valence-electron chi connectivity index (χ0n) is 13.0. The van der Waals surface area contributed by atoms with Gasteiger partial charge in [-0.25, -0.2) is 8.42 Å². The molecule has 1 N–H and O–H groups in total. The standard InChI is InChI=1S/C18H21NO2S/c1-4-5-6-16-13-15(3)9-12-18(16)19-22(20,21)17-10-7-14(2)8-11-17/h4,7-13,19H,1,5-6H2,2-3H3. The van der Waals surface area contributed by atoms with Crippen molar-refractivity contribution in [3.63, 3.8) is 0 Å². The lowest BCUT2D eigenvalue weighted by atomic mass is 10.1. The summed E-state index contributed by atoms with van der Waals surface area (Å²) in [6.45, 7) is 7.64. The first-order chi connectivity index (χ1) is 10.4. The van der Waals surface area contributed by atoms with E-state index >= 15 is 0 Å². The Labute approximate surface area is 132 Å². The number of allylic oxidation sites excluding steroid dienone is 1. The highest BCUT2D eigenvalue weighted by molar-refractivity contribution is 7.92. The summed E-state index contributed by atoms with van der Waals surface area (Å²) in [5.41, 5.74) is 3.75. The van der Waals surface area contributed by atoms with E-state index < -0.39 is 10.0 Å². The largest absolute Gasteiger partial charge is 0.279 e. The summed E-state index contributed by atoms with van der Waals surface area (Å²) in [7, 11) is -3.57. The number of aryl methyl sites for hydroxylation is 3. The van der Waals surface area contributed by atoms with E-state index in [1.807, 2.05) is 38.1 Å². The predicted octanol–water partition coefficient (Wildman–Crippen LogP) is 4.22. The molecule has 0 aliphatic rings. The second kappa shape index (κ2) is 6.79. The predicted molar refractivity (Wildman–Crippen MR) is 91.7 cm³/mol. The van der Waals surface area contributed by atoms with E-state index in [9.17, 15) is 8.42 Å². The maximum Gasteiger partial charge on any atom is 0.261 e. The summed E-state index contributed by atoms with van der Waals surface area (Å²) >= 11 is 0. The smallest absolute Gasteiger partial charge is 0.261 e. The summed E-state index contributed by atoms with van der Waals surface area (Å²) in [6.07, 6.45) is 3.40. The highest BCUT2D eigenvalue weighted by Crippen LogP contribution is 2.23. The van der Waals surface area contributed by atoms with Crippen molar-refractivity contribution in [2.24, 2.45) is 0 Å². The fourth-order valence-electron chi connectivity index (χ4n) is 2.21. The highest BCUT2D eigenvalue weighted by Gasteiger charge is 2.15. The average Bonchev–Trinajstić information content (AvgIpc) is 2.48. The first kappa shape index (κ1) is 16.3. The third-order valence-corrected chi connectivity index (χ3v) is 4.84. The maximum atomic E-state index is 12.5. The lowest BCUT2D eigenvalue weighted by molar-refractivity contribution is 0.601. The molecule has 116 valence electrons. The van der Waals surface area contributed by atoms with Crippen LogP contribution in [-0.2, 0) is 16.4 Å². The minimum absolute atomic E-state index is 0.272. The van der Waals surface area contributed by atoms with Crippen LogP contribution in [0.4, 0.5) is 5.69 Å². The van der Waals surface area contributed by atoms with Gasteiger partial charge in [0.05, 0.1) is 10.6 Å². The molecule has 2 aromatic rings. The quantitative estimate of drug-likeness (QED) is 0.811. The molecule has 0 unspecified atom stereocenters. The number of hydrogen-bond donors (Lipinski definition) is 1. The van der Waals surface area contributed by atoms with Crippen LogP contribution < -0.4 is 4.72 Å². The molecule has 0 atom stereocenters. The van der Waals surface area contributed by atoms with Crippen LogP contribution in [0, 0.1) is 13.8 Å². The molecule has 0 saturated heterocycles. The Morgan fingerprint density at radius 2 is 1.68 bits per heavy atom. The fourth-order valence-corrected chi connectivity index (χ4v) is 3.31. The van der Waals surface area contributed by atoms with Gasteiger partial charge in [-0.1, -0.05) is 41.5 Å². The molecule has 0 aliphatic carbocycles. The Bertz CT molecular complexity index is 762. The lowest BCUT2D eigenvalue weighted by Gasteiger charge is -2.13. The third-order valence-electron chi connectivity index (χ3n) is 3.45. The van der Waals surface area contributed by atoms with Crippen LogP contribution in [0.25, 0.3) is 0 Å². The topological polar surface area (TPSA) is 46.2 Å². The summed E-state index contributed by atoms with van der Waals surface area (Å²) in [6, 6.07) is 12.6.